The molecule has 18 heavy (non-hydrogen) atoms. The molecule has 1 atom stereocenters. The lowest BCUT2D eigenvalue weighted by Crippen LogP contribution is -2.38. The van der Waals surface area contributed by atoms with Crippen LogP contribution in [0.3, 0.4) is 0 Å². The van der Waals surface area contributed by atoms with Crippen LogP contribution in [0.5, 0.6) is 0 Å². The Bertz CT molecular complexity index is 447. The van der Waals surface area contributed by atoms with Crippen molar-refractivity contribution in [2.75, 3.05) is 11.9 Å². The minimum Gasteiger partial charge on any atom is -0.479 e. The number of hydrogen-bond donors (Lipinski definition) is 4. The third-order valence-electron chi connectivity index (χ3n) is 1.94. The molecule has 0 aliphatic heterocycles. The van der Waals surface area contributed by atoms with Gasteiger partial charge in [0.05, 0.1) is 12.2 Å². The molecule has 0 saturated heterocycles. The lowest BCUT2D eigenvalue weighted by molar-refractivity contribution is -0.146. The molecule has 0 radical (unpaired) electrons. The summed E-state index contributed by atoms with van der Waals surface area (Å²) in [6.07, 6.45) is -1.63. The van der Waals surface area contributed by atoms with Gasteiger partial charge < -0.3 is 20.8 Å². The van der Waals surface area contributed by atoms with E-state index in [9.17, 15) is 9.59 Å². The van der Waals surface area contributed by atoms with E-state index in [0.29, 0.717) is 14.6 Å². The number of aliphatic hydroxyl groups is 1. The van der Waals surface area contributed by atoms with Crippen LogP contribution in [0.2, 0.25) is 0 Å². The normalized spacial score (nSPS) is 11.7. The van der Waals surface area contributed by atoms with E-state index in [4.69, 9.17) is 10.2 Å². The Balaban J connectivity index is 2.58. The van der Waals surface area contributed by atoms with Crippen LogP contribution in [0, 0.1) is 0 Å². The van der Waals surface area contributed by atoms with Crippen molar-refractivity contribution < 1.29 is 19.8 Å². The highest BCUT2D eigenvalue weighted by Crippen LogP contribution is 2.30. The number of anilines is 1. The molecule has 2 amide bonds. The van der Waals surface area contributed by atoms with Crippen molar-refractivity contribution in [2.45, 2.75) is 6.10 Å². The quantitative estimate of drug-likeness (QED) is 0.638. The number of aliphatic carboxylic acids is 1. The number of aliphatic hydroxyl groups excluding tert-OH is 1. The predicted octanol–water partition coefficient (Wildman–Crippen LogP) is 1.78. The maximum Gasteiger partial charge on any atom is 0.334 e. The zero-order valence-corrected chi connectivity index (χ0v) is 12.2. The summed E-state index contributed by atoms with van der Waals surface area (Å²) in [6.45, 7) is -0.372. The number of carbonyl (C=O) groups is 2. The van der Waals surface area contributed by atoms with E-state index in [-0.39, 0.29) is 6.54 Å². The van der Waals surface area contributed by atoms with Crippen LogP contribution in [-0.2, 0) is 4.79 Å². The summed E-state index contributed by atoms with van der Waals surface area (Å²) < 4.78 is 1.34. The molecule has 1 aromatic rings. The molecule has 0 aromatic heterocycles. The van der Waals surface area contributed by atoms with Crippen LogP contribution in [0.1, 0.15) is 0 Å². The molecule has 0 bridgehead atoms. The first-order valence-electron chi connectivity index (χ1n) is 4.81. The van der Waals surface area contributed by atoms with Crippen molar-refractivity contribution in [3.8, 4) is 0 Å². The molecule has 0 spiro atoms. The number of rotatable bonds is 4. The van der Waals surface area contributed by atoms with E-state index in [2.05, 4.69) is 42.5 Å². The molecule has 0 heterocycles. The van der Waals surface area contributed by atoms with Crippen molar-refractivity contribution in [3.05, 3.63) is 27.1 Å². The average Bonchev–Trinajstić information content (AvgIpc) is 2.30. The van der Waals surface area contributed by atoms with Crippen LogP contribution in [0.25, 0.3) is 0 Å². The second-order valence-corrected chi connectivity index (χ2v) is 4.99. The maximum atomic E-state index is 11.5. The summed E-state index contributed by atoms with van der Waals surface area (Å²) >= 11 is 6.53. The van der Waals surface area contributed by atoms with E-state index in [1.165, 1.54) is 0 Å². The monoisotopic (exact) mass is 380 g/mol. The first-order valence-corrected chi connectivity index (χ1v) is 6.40. The van der Waals surface area contributed by atoms with Gasteiger partial charge in [0.25, 0.3) is 0 Å². The Labute approximate surface area is 120 Å². The van der Waals surface area contributed by atoms with Crippen molar-refractivity contribution in [2.24, 2.45) is 0 Å². The van der Waals surface area contributed by atoms with Crippen molar-refractivity contribution in [1.82, 2.24) is 5.32 Å². The van der Waals surface area contributed by atoms with Crippen LogP contribution in [0.4, 0.5) is 10.5 Å². The number of hydrogen-bond acceptors (Lipinski definition) is 3. The second kappa shape index (κ2) is 6.72. The van der Waals surface area contributed by atoms with Gasteiger partial charge in [0.2, 0.25) is 0 Å². The van der Waals surface area contributed by atoms with Crippen molar-refractivity contribution in [1.29, 1.82) is 0 Å². The van der Waals surface area contributed by atoms with Gasteiger partial charge in [-0.1, -0.05) is 6.07 Å². The number of benzene rings is 1. The molecule has 1 unspecified atom stereocenters. The van der Waals surface area contributed by atoms with Gasteiger partial charge in [-0.15, -0.1) is 0 Å². The third-order valence-corrected chi connectivity index (χ3v) is 3.26. The Kier molecular flexibility index (Phi) is 5.57. The van der Waals surface area contributed by atoms with Gasteiger partial charge in [-0.05, 0) is 44.0 Å². The van der Waals surface area contributed by atoms with E-state index in [1.54, 1.807) is 18.2 Å². The van der Waals surface area contributed by atoms with Gasteiger partial charge >= 0.3 is 12.0 Å². The Morgan fingerprint density at radius 3 is 2.33 bits per heavy atom. The summed E-state index contributed by atoms with van der Waals surface area (Å²) in [6, 6.07) is 4.66. The number of carboxylic acids is 1. The number of carbonyl (C=O) groups excluding carboxylic acids is 1. The molecule has 98 valence electrons. The summed E-state index contributed by atoms with van der Waals surface area (Å²) in [4.78, 5) is 21.8. The molecule has 1 aromatic carbocycles. The zero-order valence-electron chi connectivity index (χ0n) is 8.98. The van der Waals surface area contributed by atoms with Crippen LogP contribution >= 0.6 is 31.9 Å². The topological polar surface area (TPSA) is 98.7 Å². The van der Waals surface area contributed by atoms with Gasteiger partial charge in [0.15, 0.2) is 6.10 Å². The van der Waals surface area contributed by atoms with E-state index in [1.807, 2.05) is 0 Å². The van der Waals surface area contributed by atoms with E-state index >= 15 is 0 Å². The second-order valence-electron chi connectivity index (χ2n) is 3.29. The van der Waals surface area contributed by atoms with Gasteiger partial charge in [-0.3, -0.25) is 0 Å². The highest BCUT2D eigenvalue weighted by atomic mass is 79.9. The molecule has 0 aliphatic rings. The Hall–Kier alpha value is -1.12. The van der Waals surface area contributed by atoms with Gasteiger partial charge in [-0.2, -0.15) is 0 Å². The predicted molar refractivity (Wildman–Crippen MR) is 72.5 cm³/mol. The van der Waals surface area contributed by atoms with Crippen LogP contribution < -0.4 is 10.6 Å². The molecule has 0 fully saturated rings. The largest absolute Gasteiger partial charge is 0.479 e. The fourth-order valence-corrected chi connectivity index (χ4v) is 2.25. The molecule has 0 saturated carbocycles. The van der Waals surface area contributed by atoms with Gasteiger partial charge in [0.1, 0.15) is 0 Å². The molecule has 0 aliphatic carbocycles. The Morgan fingerprint density at radius 2 is 1.83 bits per heavy atom. The number of para-hydroxylation sites is 1. The highest BCUT2D eigenvalue weighted by molar-refractivity contribution is 9.11. The fraction of sp³-hybridized carbons (Fsp3) is 0.200. The number of urea groups is 1. The van der Waals surface area contributed by atoms with E-state index in [0.717, 1.165) is 0 Å². The fourth-order valence-electron chi connectivity index (χ4n) is 1.05. The smallest absolute Gasteiger partial charge is 0.334 e. The van der Waals surface area contributed by atoms with E-state index < -0.39 is 18.1 Å². The van der Waals surface area contributed by atoms with Crippen molar-refractivity contribution >= 4 is 49.5 Å². The summed E-state index contributed by atoms with van der Waals surface area (Å²) in [5.74, 6) is -1.39. The summed E-state index contributed by atoms with van der Waals surface area (Å²) in [5, 5.41) is 22.2. The van der Waals surface area contributed by atoms with Crippen molar-refractivity contribution in [3.63, 3.8) is 0 Å². The highest BCUT2D eigenvalue weighted by Gasteiger charge is 2.15. The maximum absolute atomic E-state index is 11.5. The SMILES string of the molecule is O=C(NCC(O)C(=O)O)Nc1c(Br)cccc1Br. The van der Waals surface area contributed by atoms with Gasteiger partial charge in [-0.25, -0.2) is 9.59 Å². The number of halogens is 2. The number of nitrogens with one attached hydrogen (secondary N) is 2. The molecule has 1 rings (SSSR count). The lowest BCUT2D eigenvalue weighted by Gasteiger charge is -2.11. The minimum atomic E-state index is -1.63. The summed E-state index contributed by atoms with van der Waals surface area (Å²) in [7, 11) is 0. The molecule has 8 heteroatoms. The van der Waals surface area contributed by atoms with Gasteiger partial charge in [0, 0.05) is 8.95 Å². The third kappa shape index (κ3) is 4.28. The number of carboxylic acid groups (broad SMARTS) is 1. The van der Waals surface area contributed by atoms with Crippen LogP contribution in [-0.4, -0.2) is 34.9 Å². The molecule has 4 N–H and O–H groups in total. The summed E-state index contributed by atoms with van der Waals surface area (Å²) in [5.41, 5.74) is 0.514. The number of amides is 2. The molecular formula is C10H10Br2N2O4. The van der Waals surface area contributed by atoms with Crippen LogP contribution in [0.15, 0.2) is 27.1 Å². The average molecular weight is 382 g/mol. The zero-order chi connectivity index (χ0) is 13.7. The Morgan fingerprint density at radius 1 is 1.28 bits per heavy atom. The first kappa shape index (κ1) is 14.9. The molecule has 6 nitrogen and oxygen atoms in total. The standard InChI is InChI=1S/C10H10Br2N2O4/c11-5-2-1-3-6(12)8(5)14-10(18)13-4-7(15)9(16)17/h1-3,7,15H,4H2,(H,16,17)(H2,13,14,18). The minimum absolute atomic E-state index is 0.372. The lowest BCUT2D eigenvalue weighted by atomic mass is 10.3. The first-order chi connectivity index (χ1) is 8.41. The molecular weight excluding hydrogens is 372 g/mol.